The molecule has 0 aliphatic rings. The molecule has 0 aliphatic carbocycles. The van der Waals surface area contributed by atoms with Crippen LogP contribution in [0, 0.1) is 0 Å². The van der Waals surface area contributed by atoms with E-state index in [1.54, 1.807) is 24.3 Å². The molecule has 1 aromatic carbocycles. The van der Waals surface area contributed by atoms with Gasteiger partial charge >= 0.3 is 0 Å². The Labute approximate surface area is 94.4 Å². The fourth-order valence-electron chi connectivity index (χ4n) is 1.32. The van der Waals surface area contributed by atoms with Crippen LogP contribution in [0.5, 0.6) is 0 Å². The highest BCUT2D eigenvalue weighted by atomic mass is 15.0. The summed E-state index contributed by atoms with van der Waals surface area (Å²) in [5.41, 5.74) is 0.767. The zero-order valence-electron chi connectivity index (χ0n) is 14.8. The monoisotopic (exact) mass is 195 g/mol. The first kappa shape index (κ1) is 4.07. The highest BCUT2D eigenvalue weighted by Gasteiger charge is 2.02. The predicted octanol–water partition coefficient (Wildman–Crippen LogP) is 2.27. The molecule has 2 heteroatoms. The second kappa shape index (κ2) is 3.84. The van der Waals surface area contributed by atoms with Crippen molar-refractivity contribution in [3.8, 4) is 0 Å². The van der Waals surface area contributed by atoms with Crippen molar-refractivity contribution in [1.82, 2.24) is 9.88 Å². The predicted molar refractivity (Wildman–Crippen MR) is 60.6 cm³/mol. The lowest BCUT2D eigenvalue weighted by atomic mass is 10.1. The van der Waals surface area contributed by atoms with E-state index in [0.717, 1.165) is 7.05 Å². The molecular formula is C12H16N2. The van der Waals surface area contributed by atoms with Gasteiger partial charge in [0.05, 0.1) is 0 Å². The molecule has 0 saturated heterocycles. The third-order valence-corrected chi connectivity index (χ3v) is 1.95. The summed E-state index contributed by atoms with van der Waals surface area (Å²) in [6, 6.07) is 6.92. The number of rotatable bonds is 3. The molecule has 0 saturated carbocycles. The van der Waals surface area contributed by atoms with E-state index in [9.17, 15) is 0 Å². The van der Waals surface area contributed by atoms with Crippen LogP contribution in [-0.4, -0.2) is 30.4 Å². The number of para-hydroxylation sites is 1. The Hall–Kier alpha value is -1.28. The highest BCUT2D eigenvalue weighted by molar-refractivity contribution is 5.83. The molecule has 2 rings (SSSR count). The van der Waals surface area contributed by atoms with Gasteiger partial charge in [0.1, 0.15) is 0 Å². The van der Waals surface area contributed by atoms with Crippen molar-refractivity contribution in [2.75, 3.05) is 20.5 Å². The van der Waals surface area contributed by atoms with E-state index in [4.69, 9.17) is 9.60 Å². The lowest BCUT2D eigenvalue weighted by Crippen LogP contribution is -2.14. The van der Waals surface area contributed by atoms with Crippen molar-refractivity contribution in [3.05, 3.63) is 36.0 Å². The van der Waals surface area contributed by atoms with Crippen LogP contribution in [0.15, 0.2) is 30.5 Å². The minimum absolute atomic E-state index is 0.0965. The number of aryl methyl sites for hydroxylation is 1. The number of nitrogens with zero attached hydrogens (tertiary/aromatic N) is 1. The van der Waals surface area contributed by atoms with Crippen molar-refractivity contribution in [1.29, 1.82) is 0 Å². The molecule has 74 valence electrons. The van der Waals surface area contributed by atoms with E-state index in [2.05, 4.69) is 4.98 Å². The SMILES string of the molecule is [2H]C([2H])([2H])N(C)C([2H])([2H])C([2H])([2H])c1c[nH]c2ccccc12. The average molecular weight is 195 g/mol. The van der Waals surface area contributed by atoms with Crippen LogP contribution in [0.2, 0.25) is 0 Å². The smallest absolute Gasteiger partial charge is 0.0456 e. The molecule has 0 unspecified atom stereocenters. The van der Waals surface area contributed by atoms with Crippen LogP contribution < -0.4 is 0 Å². The van der Waals surface area contributed by atoms with Crippen molar-refractivity contribution >= 4 is 10.9 Å². The standard InChI is InChI=1S/C12H16N2/c1-14(2)8-7-10-9-13-12-6-4-3-5-11(10)12/h3-6,9,13H,7-8H2,1-2H3/i1D3,7D2,8D2. The average Bonchev–Trinajstić information content (AvgIpc) is 2.80. The lowest BCUT2D eigenvalue weighted by Gasteiger charge is -2.07. The number of benzene rings is 1. The molecule has 1 aromatic heterocycles. The zero-order valence-corrected chi connectivity index (χ0v) is 7.83. The van der Waals surface area contributed by atoms with Gasteiger partial charge in [-0.15, -0.1) is 0 Å². The van der Waals surface area contributed by atoms with E-state index in [1.807, 2.05) is 0 Å². The Kier molecular flexibility index (Phi) is 1.12. The van der Waals surface area contributed by atoms with Gasteiger partial charge < -0.3 is 9.88 Å². The molecule has 0 amide bonds. The maximum atomic E-state index is 8.16. The summed E-state index contributed by atoms with van der Waals surface area (Å²) < 4.78 is 54.2. The van der Waals surface area contributed by atoms with Gasteiger partial charge in [0, 0.05) is 33.2 Å². The van der Waals surface area contributed by atoms with Crippen LogP contribution in [0.4, 0.5) is 0 Å². The van der Waals surface area contributed by atoms with Gasteiger partial charge in [-0.3, -0.25) is 0 Å². The van der Waals surface area contributed by atoms with Gasteiger partial charge in [-0.05, 0) is 32.0 Å². The van der Waals surface area contributed by atoms with E-state index in [1.165, 1.54) is 6.20 Å². The van der Waals surface area contributed by atoms with Gasteiger partial charge in [0.25, 0.3) is 0 Å². The maximum Gasteiger partial charge on any atom is 0.0456 e. The molecule has 1 N–H and O–H groups in total. The molecule has 0 bridgehead atoms. The summed E-state index contributed by atoms with van der Waals surface area (Å²) in [7, 11) is 1.06. The van der Waals surface area contributed by atoms with Crippen LogP contribution in [0.1, 0.15) is 15.2 Å². The van der Waals surface area contributed by atoms with Crippen LogP contribution >= 0.6 is 0 Å². The van der Waals surface area contributed by atoms with E-state index >= 15 is 0 Å². The normalized spacial score (nSPS) is 21.7. The molecule has 0 radical (unpaired) electrons. The molecular weight excluding hydrogens is 172 g/mol. The first-order valence-electron chi connectivity index (χ1n) is 7.80. The van der Waals surface area contributed by atoms with E-state index in [-0.39, 0.29) is 5.56 Å². The Balaban J connectivity index is 2.55. The maximum absolute atomic E-state index is 8.16. The molecule has 2 aromatic rings. The van der Waals surface area contributed by atoms with Crippen LogP contribution in [-0.2, 0) is 6.37 Å². The van der Waals surface area contributed by atoms with Gasteiger partial charge in [-0.25, -0.2) is 0 Å². The number of hydrogen-bond donors (Lipinski definition) is 1. The highest BCUT2D eigenvalue weighted by Crippen LogP contribution is 2.17. The number of likely N-dealkylation sites (N-methyl/N-ethyl adjacent to an activating group) is 1. The van der Waals surface area contributed by atoms with Crippen molar-refractivity contribution in [2.24, 2.45) is 0 Å². The number of fused-ring (bicyclic) bond motifs is 1. The summed E-state index contributed by atoms with van der Waals surface area (Å²) in [5.74, 6) is 0. The number of nitrogens with one attached hydrogen (secondary N) is 1. The molecule has 2 nitrogen and oxygen atoms in total. The van der Waals surface area contributed by atoms with E-state index in [0.29, 0.717) is 15.8 Å². The van der Waals surface area contributed by atoms with Gasteiger partial charge in [0.2, 0.25) is 0 Å². The van der Waals surface area contributed by atoms with Crippen molar-refractivity contribution in [2.45, 2.75) is 6.37 Å². The molecule has 0 spiro atoms. The van der Waals surface area contributed by atoms with Gasteiger partial charge in [-0.1, -0.05) is 18.2 Å². The fraction of sp³-hybridized carbons (Fsp3) is 0.333. The summed E-state index contributed by atoms with van der Waals surface area (Å²) in [6.07, 6.45) is -1.12. The summed E-state index contributed by atoms with van der Waals surface area (Å²) in [5, 5.41) is 0.533. The lowest BCUT2D eigenvalue weighted by molar-refractivity contribution is 0.414. The molecule has 14 heavy (non-hydrogen) atoms. The molecule has 1 heterocycles. The Morgan fingerprint density at radius 2 is 2.36 bits per heavy atom. The quantitative estimate of drug-likeness (QED) is 0.796. The van der Waals surface area contributed by atoms with Crippen molar-refractivity contribution in [3.63, 3.8) is 0 Å². The Bertz CT molecular complexity index is 644. The minimum Gasteiger partial charge on any atom is -0.361 e. The molecule has 0 aliphatic heterocycles. The van der Waals surface area contributed by atoms with Crippen LogP contribution in [0.25, 0.3) is 10.9 Å². The van der Waals surface area contributed by atoms with Crippen LogP contribution in [0.3, 0.4) is 0 Å². The van der Waals surface area contributed by atoms with Gasteiger partial charge in [-0.2, -0.15) is 0 Å². The summed E-state index contributed by atoms with van der Waals surface area (Å²) in [6.45, 7) is -5.44. The topological polar surface area (TPSA) is 19.0 Å². The number of hydrogen-bond acceptors (Lipinski definition) is 1. The third-order valence-electron chi connectivity index (χ3n) is 1.95. The summed E-state index contributed by atoms with van der Waals surface area (Å²) in [4.78, 5) is 3.32. The first-order valence-corrected chi connectivity index (χ1v) is 4.30. The number of H-pyrrole nitrogens is 1. The zero-order chi connectivity index (χ0) is 16.1. The molecule has 0 atom stereocenters. The minimum atomic E-state index is -2.73. The second-order valence-corrected chi connectivity index (χ2v) is 3.04. The first-order chi connectivity index (χ1) is 9.49. The molecule has 0 fully saturated rings. The van der Waals surface area contributed by atoms with E-state index < -0.39 is 19.8 Å². The summed E-state index contributed by atoms with van der Waals surface area (Å²) >= 11 is 0. The largest absolute Gasteiger partial charge is 0.361 e. The fourth-order valence-corrected chi connectivity index (χ4v) is 1.32. The number of aromatic amines is 1. The third kappa shape index (κ3) is 1.80. The number of aromatic nitrogens is 1. The van der Waals surface area contributed by atoms with Crippen molar-refractivity contribution < 1.29 is 9.60 Å². The Morgan fingerprint density at radius 1 is 1.50 bits per heavy atom. The second-order valence-electron chi connectivity index (χ2n) is 3.04. The van der Waals surface area contributed by atoms with Gasteiger partial charge in [0.15, 0.2) is 0 Å². The Morgan fingerprint density at radius 3 is 3.21 bits per heavy atom.